The van der Waals surface area contributed by atoms with Gasteiger partial charge in [-0.15, -0.1) is 0 Å². The number of hydrogen-bond acceptors (Lipinski definition) is 5. The molecule has 0 fully saturated rings. The van der Waals surface area contributed by atoms with Crippen LogP contribution >= 0.6 is 0 Å². The van der Waals surface area contributed by atoms with Crippen LogP contribution in [0.4, 0.5) is 5.69 Å². The summed E-state index contributed by atoms with van der Waals surface area (Å²) in [5, 5.41) is 11.6. The van der Waals surface area contributed by atoms with Crippen molar-refractivity contribution >= 4 is 21.4 Å². The number of rotatable bonds is 4. The van der Waals surface area contributed by atoms with Crippen molar-refractivity contribution < 1.29 is 22.7 Å². The molecule has 0 atom stereocenters. The summed E-state index contributed by atoms with van der Waals surface area (Å²) in [6, 6.07) is 16.3. The number of amides is 1. The average Bonchev–Trinajstić information content (AvgIpc) is 3.07. The van der Waals surface area contributed by atoms with E-state index in [0.29, 0.717) is 5.69 Å². The quantitative estimate of drug-likeness (QED) is 0.759. The van der Waals surface area contributed by atoms with E-state index in [9.17, 15) is 18.3 Å². The first-order valence-electron chi connectivity index (χ1n) is 6.97. The van der Waals surface area contributed by atoms with Crippen molar-refractivity contribution in [2.45, 2.75) is 9.99 Å². The minimum absolute atomic E-state index is 0.000380. The SMILES string of the molecule is O=C(Nc1cccc(O)c1)c1ccc(S(=O)(=O)c2ccccc2)o1. The van der Waals surface area contributed by atoms with Gasteiger partial charge in [0.15, 0.2) is 5.76 Å². The maximum absolute atomic E-state index is 12.4. The van der Waals surface area contributed by atoms with Gasteiger partial charge in [0.25, 0.3) is 5.91 Å². The first-order valence-corrected chi connectivity index (χ1v) is 8.45. The minimum atomic E-state index is -3.82. The third-order valence-corrected chi connectivity index (χ3v) is 4.87. The van der Waals surface area contributed by atoms with E-state index in [-0.39, 0.29) is 21.5 Å². The van der Waals surface area contributed by atoms with Gasteiger partial charge in [0.1, 0.15) is 5.75 Å². The Morgan fingerprint density at radius 2 is 1.71 bits per heavy atom. The molecule has 0 unspecified atom stereocenters. The molecule has 0 bridgehead atoms. The van der Waals surface area contributed by atoms with Crippen LogP contribution in [0.2, 0.25) is 0 Å². The minimum Gasteiger partial charge on any atom is -0.508 e. The largest absolute Gasteiger partial charge is 0.508 e. The molecule has 0 aliphatic carbocycles. The molecule has 7 heteroatoms. The average molecular weight is 343 g/mol. The van der Waals surface area contributed by atoms with E-state index >= 15 is 0 Å². The number of phenolic OH excluding ortho intramolecular Hbond substituents is 1. The summed E-state index contributed by atoms with van der Waals surface area (Å²) in [4.78, 5) is 12.2. The Kier molecular flexibility index (Phi) is 4.09. The summed E-state index contributed by atoms with van der Waals surface area (Å²) in [6.45, 7) is 0. The van der Waals surface area contributed by atoms with Crippen molar-refractivity contribution in [3.05, 3.63) is 72.5 Å². The Hall–Kier alpha value is -3.06. The van der Waals surface area contributed by atoms with Gasteiger partial charge in [0.2, 0.25) is 14.9 Å². The van der Waals surface area contributed by atoms with Gasteiger partial charge < -0.3 is 14.8 Å². The highest BCUT2D eigenvalue weighted by atomic mass is 32.2. The molecule has 0 saturated heterocycles. The topological polar surface area (TPSA) is 96.6 Å². The number of furan rings is 1. The Morgan fingerprint density at radius 1 is 0.958 bits per heavy atom. The van der Waals surface area contributed by atoms with Crippen LogP contribution in [0.15, 0.2) is 81.1 Å². The highest BCUT2D eigenvalue weighted by Crippen LogP contribution is 2.23. The van der Waals surface area contributed by atoms with Gasteiger partial charge in [0.05, 0.1) is 4.90 Å². The maximum atomic E-state index is 12.4. The van der Waals surface area contributed by atoms with E-state index < -0.39 is 15.7 Å². The normalized spacial score (nSPS) is 11.2. The van der Waals surface area contributed by atoms with E-state index in [4.69, 9.17) is 4.42 Å². The predicted octanol–water partition coefficient (Wildman–Crippen LogP) is 3.07. The zero-order valence-corrected chi connectivity index (χ0v) is 13.2. The Bertz CT molecular complexity index is 977. The third-order valence-electron chi connectivity index (χ3n) is 3.23. The summed E-state index contributed by atoms with van der Waals surface area (Å²) in [6.07, 6.45) is 0. The second-order valence-electron chi connectivity index (χ2n) is 4.94. The van der Waals surface area contributed by atoms with Crippen molar-refractivity contribution in [2.75, 3.05) is 5.32 Å². The number of carbonyl (C=O) groups excluding carboxylic acids is 1. The molecule has 1 heterocycles. The molecule has 3 aromatic rings. The standard InChI is InChI=1S/C17H13NO5S/c19-13-6-4-5-12(11-13)18-17(20)15-9-10-16(23-15)24(21,22)14-7-2-1-3-8-14/h1-11,19H,(H,18,20). The Morgan fingerprint density at radius 3 is 2.42 bits per heavy atom. The lowest BCUT2D eigenvalue weighted by molar-refractivity contribution is 0.0991. The second-order valence-corrected chi connectivity index (χ2v) is 6.82. The molecule has 1 aromatic heterocycles. The molecule has 0 radical (unpaired) electrons. The number of benzene rings is 2. The summed E-state index contributed by atoms with van der Waals surface area (Å²) in [5.74, 6) is -0.762. The summed E-state index contributed by atoms with van der Waals surface area (Å²) in [5.41, 5.74) is 0.365. The van der Waals surface area contributed by atoms with E-state index in [1.807, 2.05) is 0 Å². The van der Waals surface area contributed by atoms with E-state index in [2.05, 4.69) is 5.32 Å². The molecule has 0 aliphatic heterocycles. The number of anilines is 1. The van der Waals surface area contributed by atoms with Crippen LogP contribution in [0.1, 0.15) is 10.6 Å². The smallest absolute Gasteiger partial charge is 0.291 e. The highest BCUT2D eigenvalue weighted by Gasteiger charge is 2.23. The van der Waals surface area contributed by atoms with Crippen LogP contribution in [0.25, 0.3) is 0 Å². The molecule has 3 rings (SSSR count). The van der Waals surface area contributed by atoms with Gasteiger partial charge in [-0.25, -0.2) is 8.42 Å². The lowest BCUT2D eigenvalue weighted by Gasteiger charge is -2.03. The van der Waals surface area contributed by atoms with Gasteiger partial charge in [-0.05, 0) is 36.4 Å². The van der Waals surface area contributed by atoms with Gasteiger partial charge in [-0.3, -0.25) is 4.79 Å². The van der Waals surface area contributed by atoms with Crippen LogP contribution in [-0.2, 0) is 9.84 Å². The lowest BCUT2D eigenvalue weighted by Crippen LogP contribution is -2.10. The van der Waals surface area contributed by atoms with Gasteiger partial charge in [-0.2, -0.15) is 0 Å². The predicted molar refractivity (Wildman–Crippen MR) is 86.7 cm³/mol. The number of carbonyl (C=O) groups is 1. The van der Waals surface area contributed by atoms with Gasteiger partial charge in [-0.1, -0.05) is 24.3 Å². The fourth-order valence-corrected chi connectivity index (χ4v) is 3.27. The molecule has 0 spiro atoms. The summed E-state index contributed by atoms with van der Waals surface area (Å²) < 4.78 is 30.0. The van der Waals surface area contributed by atoms with E-state index in [1.54, 1.807) is 30.3 Å². The first-order chi connectivity index (χ1) is 11.5. The molecule has 1 amide bonds. The zero-order chi connectivity index (χ0) is 17.2. The fourth-order valence-electron chi connectivity index (χ4n) is 2.08. The van der Waals surface area contributed by atoms with Crippen molar-refractivity contribution in [3.8, 4) is 5.75 Å². The molecule has 6 nitrogen and oxygen atoms in total. The molecular weight excluding hydrogens is 330 g/mol. The molecule has 0 saturated carbocycles. The van der Waals surface area contributed by atoms with Gasteiger partial charge in [0, 0.05) is 11.8 Å². The summed E-state index contributed by atoms with van der Waals surface area (Å²) >= 11 is 0. The van der Waals surface area contributed by atoms with Crippen LogP contribution < -0.4 is 5.32 Å². The first kappa shape index (κ1) is 15.8. The highest BCUT2D eigenvalue weighted by molar-refractivity contribution is 7.91. The Balaban J connectivity index is 1.84. The Labute approximate surface area is 138 Å². The molecule has 0 aliphatic rings. The van der Waals surface area contributed by atoms with E-state index in [1.165, 1.54) is 36.4 Å². The van der Waals surface area contributed by atoms with Crippen LogP contribution in [0, 0.1) is 0 Å². The molecular formula is C17H13NO5S. The second kappa shape index (κ2) is 6.21. The molecule has 24 heavy (non-hydrogen) atoms. The fraction of sp³-hybridized carbons (Fsp3) is 0. The summed E-state index contributed by atoms with van der Waals surface area (Å²) in [7, 11) is -3.82. The number of sulfone groups is 1. The maximum Gasteiger partial charge on any atom is 0.291 e. The van der Waals surface area contributed by atoms with Crippen LogP contribution in [0.5, 0.6) is 5.75 Å². The number of phenols is 1. The van der Waals surface area contributed by atoms with Crippen molar-refractivity contribution in [1.82, 2.24) is 0 Å². The van der Waals surface area contributed by atoms with Crippen molar-refractivity contribution in [2.24, 2.45) is 0 Å². The van der Waals surface area contributed by atoms with Crippen molar-refractivity contribution in [3.63, 3.8) is 0 Å². The van der Waals surface area contributed by atoms with Crippen molar-refractivity contribution in [1.29, 1.82) is 0 Å². The van der Waals surface area contributed by atoms with Crippen LogP contribution in [-0.4, -0.2) is 19.4 Å². The monoisotopic (exact) mass is 343 g/mol. The number of nitrogens with one attached hydrogen (secondary N) is 1. The molecule has 122 valence electrons. The molecule has 2 N–H and O–H groups in total. The third kappa shape index (κ3) is 3.16. The zero-order valence-electron chi connectivity index (χ0n) is 12.3. The van der Waals surface area contributed by atoms with Gasteiger partial charge >= 0.3 is 0 Å². The lowest BCUT2D eigenvalue weighted by atomic mass is 10.3. The number of aromatic hydroxyl groups is 1. The van der Waals surface area contributed by atoms with Crippen LogP contribution in [0.3, 0.4) is 0 Å². The van der Waals surface area contributed by atoms with E-state index in [0.717, 1.165) is 0 Å². The number of hydrogen-bond donors (Lipinski definition) is 2. The molecule has 2 aromatic carbocycles.